The molecule has 104 valence electrons. The van der Waals surface area contributed by atoms with Crippen molar-refractivity contribution in [2.24, 2.45) is 0 Å². The highest BCUT2D eigenvalue weighted by atomic mass is 32.2. The summed E-state index contributed by atoms with van der Waals surface area (Å²) in [6, 6.07) is 4.64. The minimum Gasteiger partial charge on any atom is -0.616 e. The topological polar surface area (TPSA) is 75.7 Å². The van der Waals surface area contributed by atoms with Gasteiger partial charge in [-0.15, -0.1) is 0 Å². The number of hydrogen-bond acceptors (Lipinski definition) is 5. The van der Waals surface area contributed by atoms with Crippen molar-refractivity contribution in [2.45, 2.75) is 6.92 Å². The van der Waals surface area contributed by atoms with Gasteiger partial charge in [-0.05, 0) is 25.1 Å². The van der Waals surface area contributed by atoms with E-state index in [4.69, 9.17) is 9.47 Å². The number of hydroxylamine groups is 2. The van der Waals surface area contributed by atoms with Crippen LogP contribution in [0.1, 0.15) is 6.92 Å². The van der Waals surface area contributed by atoms with Gasteiger partial charge in [0.15, 0.2) is 11.5 Å². The van der Waals surface area contributed by atoms with Gasteiger partial charge in [-0.1, -0.05) is 0 Å². The van der Waals surface area contributed by atoms with Crippen molar-refractivity contribution < 1.29 is 17.9 Å². The molecule has 2 aliphatic rings. The van der Waals surface area contributed by atoms with Gasteiger partial charge in [-0.25, -0.2) is 0 Å². The van der Waals surface area contributed by atoms with E-state index in [1.54, 1.807) is 25.1 Å². The molecule has 1 aromatic carbocycles. The molecule has 1 atom stereocenters. The molecule has 0 aliphatic carbocycles. The third-order valence-electron chi connectivity index (χ3n) is 3.18. The Morgan fingerprint density at radius 2 is 2.00 bits per heavy atom. The molecule has 2 aliphatic heterocycles. The summed E-state index contributed by atoms with van der Waals surface area (Å²) in [6.07, 6.45) is 4.41. The Bertz CT molecular complexity index is 770. The van der Waals surface area contributed by atoms with Crippen LogP contribution in [0.3, 0.4) is 0 Å². The predicted octanol–water partition coefficient (Wildman–Crippen LogP) is 1.70. The average molecular weight is 293 g/mol. The summed E-state index contributed by atoms with van der Waals surface area (Å²) in [6.45, 7) is 1.68. The Morgan fingerprint density at radius 3 is 2.75 bits per heavy atom. The first-order valence-corrected chi connectivity index (χ1v) is 6.93. The lowest BCUT2D eigenvalue weighted by molar-refractivity contribution is 0.174. The number of fused-ring (bicyclic) bond motifs is 1. The van der Waals surface area contributed by atoms with E-state index in [0.29, 0.717) is 17.1 Å². The Balaban J connectivity index is 2.20. The van der Waals surface area contributed by atoms with Crippen LogP contribution in [0.2, 0.25) is 0 Å². The van der Waals surface area contributed by atoms with E-state index < -0.39 is 14.9 Å². The first-order valence-electron chi connectivity index (χ1n) is 5.85. The number of nitrogens with zero attached hydrogens (tertiary/aromatic N) is 1. The second-order valence-electron chi connectivity index (χ2n) is 4.43. The highest BCUT2D eigenvalue weighted by molar-refractivity contribution is 7.73. The summed E-state index contributed by atoms with van der Waals surface area (Å²) in [7, 11) is -2.62. The van der Waals surface area contributed by atoms with Crippen LogP contribution in [-0.2, 0) is 10.3 Å². The van der Waals surface area contributed by atoms with Gasteiger partial charge in [0.05, 0.1) is 0 Å². The number of rotatable bonds is 1. The second kappa shape index (κ2) is 4.48. The van der Waals surface area contributed by atoms with Crippen molar-refractivity contribution in [3.63, 3.8) is 0 Å². The zero-order valence-corrected chi connectivity index (χ0v) is 11.4. The van der Waals surface area contributed by atoms with Crippen molar-refractivity contribution in [1.29, 1.82) is 0 Å². The van der Waals surface area contributed by atoms with Gasteiger partial charge in [-0.3, -0.25) is 4.65 Å². The van der Waals surface area contributed by atoms with Crippen molar-refractivity contribution in [1.82, 2.24) is 4.65 Å². The van der Waals surface area contributed by atoms with Gasteiger partial charge in [0.2, 0.25) is 6.79 Å². The summed E-state index contributed by atoms with van der Waals surface area (Å²) in [5.41, 5.74) is 0.658. The number of allylic oxidation sites excluding steroid dienone is 2. The van der Waals surface area contributed by atoms with Crippen LogP contribution in [0.15, 0.2) is 42.1 Å². The number of benzene rings is 1. The molecule has 0 saturated heterocycles. The van der Waals surface area contributed by atoms with E-state index >= 15 is 0 Å². The molecule has 2 heterocycles. The van der Waals surface area contributed by atoms with Crippen LogP contribution in [0.25, 0.3) is 0 Å². The monoisotopic (exact) mass is 293 g/mol. The number of hydrogen-bond donors (Lipinski definition) is 0. The largest absolute Gasteiger partial charge is 0.616 e. The summed E-state index contributed by atoms with van der Waals surface area (Å²) in [5, 5.41) is 13.0. The van der Waals surface area contributed by atoms with E-state index in [9.17, 15) is 13.6 Å². The quantitative estimate of drug-likeness (QED) is 0.447. The molecule has 1 unspecified atom stereocenters. The normalized spacial score (nSPS) is 23.7. The zero-order chi connectivity index (χ0) is 14.3. The van der Waals surface area contributed by atoms with Crippen molar-refractivity contribution in [2.75, 3.05) is 6.79 Å². The highest BCUT2D eigenvalue weighted by Gasteiger charge is 2.32. The second-order valence-corrected chi connectivity index (χ2v) is 5.28. The molecule has 0 aromatic heterocycles. The summed E-state index contributed by atoms with van der Waals surface area (Å²) in [4.78, 5) is -0.230. The Kier molecular flexibility index (Phi) is 2.89. The van der Waals surface area contributed by atoms with E-state index in [2.05, 4.69) is 0 Å². The standard InChI is InChI=1S/C13H11NO5S/c1-9-3-2-6-14(15,13(9)20(16)17)10-4-5-11-12(7-10)19-8-18-11/h2-7H,8H2,1H3. The zero-order valence-electron chi connectivity index (χ0n) is 10.6. The molecule has 6 nitrogen and oxygen atoms in total. The van der Waals surface area contributed by atoms with Gasteiger partial charge in [0.1, 0.15) is 11.9 Å². The van der Waals surface area contributed by atoms with Gasteiger partial charge in [-0.2, -0.15) is 8.42 Å². The average Bonchev–Trinajstić information content (AvgIpc) is 2.85. The molecule has 0 N–H and O–H groups in total. The van der Waals surface area contributed by atoms with Crippen molar-refractivity contribution in [3.05, 3.63) is 47.3 Å². The maximum atomic E-state index is 13.0. The van der Waals surface area contributed by atoms with E-state index in [-0.39, 0.29) is 17.5 Å². The Hall–Kier alpha value is -2.09. The van der Waals surface area contributed by atoms with E-state index in [1.807, 2.05) is 0 Å². The highest BCUT2D eigenvalue weighted by Crippen LogP contribution is 2.38. The van der Waals surface area contributed by atoms with E-state index in [1.165, 1.54) is 18.3 Å². The molecule has 0 radical (unpaired) electrons. The van der Waals surface area contributed by atoms with Crippen LogP contribution in [0, 0.1) is 5.21 Å². The van der Waals surface area contributed by atoms with Crippen LogP contribution < -0.4 is 14.1 Å². The molecule has 0 bridgehead atoms. The first kappa shape index (κ1) is 12.9. The number of quaternary nitrogens is 1. The fourth-order valence-corrected chi connectivity index (χ4v) is 2.97. The lowest BCUT2D eigenvalue weighted by Gasteiger charge is -2.38. The van der Waals surface area contributed by atoms with Crippen LogP contribution >= 0.6 is 0 Å². The molecule has 0 spiro atoms. The molecule has 0 amide bonds. The maximum absolute atomic E-state index is 13.0. The summed E-state index contributed by atoms with van der Waals surface area (Å²) < 4.78 is 32.0. The third-order valence-corrected chi connectivity index (χ3v) is 4.09. The molecule has 7 heteroatoms. The molecule has 0 saturated carbocycles. The lowest BCUT2D eigenvalue weighted by atomic mass is 10.1. The maximum Gasteiger partial charge on any atom is 0.277 e. The van der Waals surface area contributed by atoms with Crippen LogP contribution in [0.4, 0.5) is 5.69 Å². The minimum absolute atomic E-state index is 0.0937. The van der Waals surface area contributed by atoms with Gasteiger partial charge >= 0.3 is 0 Å². The van der Waals surface area contributed by atoms with Crippen molar-refractivity contribution in [3.8, 4) is 11.5 Å². The Labute approximate surface area is 116 Å². The van der Waals surface area contributed by atoms with Crippen LogP contribution in [0.5, 0.6) is 11.5 Å². The third kappa shape index (κ3) is 1.83. The Morgan fingerprint density at radius 1 is 1.25 bits per heavy atom. The molecule has 0 fully saturated rings. The van der Waals surface area contributed by atoms with Crippen molar-refractivity contribution >= 4 is 21.0 Å². The lowest BCUT2D eigenvalue weighted by Crippen LogP contribution is -2.46. The molecule has 20 heavy (non-hydrogen) atoms. The molecular weight excluding hydrogens is 282 g/mol. The van der Waals surface area contributed by atoms with Gasteiger partial charge in [0.25, 0.3) is 15.3 Å². The van der Waals surface area contributed by atoms with Gasteiger partial charge in [0, 0.05) is 17.7 Å². The summed E-state index contributed by atoms with van der Waals surface area (Å²) in [5.74, 6) is 0.978. The number of ether oxygens (including phenoxy) is 2. The predicted molar refractivity (Wildman–Crippen MR) is 74.5 cm³/mol. The SMILES string of the molecule is CC1=CC=C[N+]([O-])(c2ccc3c(c2)OCO3)C1=S(=O)=O. The van der Waals surface area contributed by atoms with Crippen LogP contribution in [-0.4, -0.2) is 20.2 Å². The molecule has 3 rings (SSSR count). The fourth-order valence-electron chi connectivity index (χ4n) is 2.25. The molecule has 1 aromatic rings. The fraction of sp³-hybridized carbons (Fsp3) is 0.154. The smallest absolute Gasteiger partial charge is 0.277 e. The first-order chi connectivity index (χ1) is 9.52. The van der Waals surface area contributed by atoms with E-state index in [0.717, 1.165) is 0 Å². The van der Waals surface area contributed by atoms with Gasteiger partial charge < -0.3 is 14.7 Å². The molecular formula is C13H11NO5S. The summed E-state index contributed by atoms with van der Waals surface area (Å²) >= 11 is 0. The minimum atomic E-state index is -2.62.